The summed E-state index contributed by atoms with van der Waals surface area (Å²) in [6, 6.07) is 5.78. The first-order chi connectivity index (χ1) is 7.04. The predicted molar refractivity (Wildman–Crippen MR) is 66.3 cm³/mol. The Morgan fingerprint density at radius 3 is 2.47 bits per heavy atom. The van der Waals surface area contributed by atoms with Crippen LogP contribution in [0.1, 0.15) is 25.5 Å². The highest BCUT2D eigenvalue weighted by Gasteiger charge is 2.09. The van der Waals surface area contributed by atoms with Crippen molar-refractivity contribution >= 4 is 23.2 Å². The lowest BCUT2D eigenvalue weighted by Crippen LogP contribution is -2.27. The minimum Gasteiger partial charge on any atom is -0.297 e. The molecule has 0 aliphatic rings. The Hall–Kier alpha value is -0.680. The second-order valence-electron chi connectivity index (χ2n) is 3.45. The molecule has 0 spiro atoms. The summed E-state index contributed by atoms with van der Waals surface area (Å²) in [4.78, 5) is 0. The smallest absolute Gasteiger partial charge is 0.0662 e. The van der Waals surface area contributed by atoms with Gasteiger partial charge in [0.2, 0.25) is 0 Å². The van der Waals surface area contributed by atoms with Gasteiger partial charge in [0, 0.05) is 6.04 Å². The average molecular weight is 242 g/mol. The van der Waals surface area contributed by atoms with Gasteiger partial charge in [-0.3, -0.25) is 5.32 Å². The SMILES string of the molecule is C#CC(C)NC(C)c1ccc(Cl)c(Cl)c1. The average Bonchev–Trinajstić information content (AvgIpc) is 2.21. The van der Waals surface area contributed by atoms with Gasteiger partial charge in [0.1, 0.15) is 0 Å². The van der Waals surface area contributed by atoms with E-state index in [1.54, 1.807) is 6.07 Å². The number of halogens is 2. The number of nitrogens with one attached hydrogen (secondary N) is 1. The summed E-state index contributed by atoms with van der Waals surface area (Å²) in [6.07, 6.45) is 5.29. The molecule has 0 saturated carbocycles. The Labute approximate surface area is 101 Å². The van der Waals surface area contributed by atoms with Crippen molar-refractivity contribution in [3.63, 3.8) is 0 Å². The van der Waals surface area contributed by atoms with Crippen LogP contribution in [0.25, 0.3) is 0 Å². The second kappa shape index (κ2) is 5.42. The molecule has 2 atom stereocenters. The van der Waals surface area contributed by atoms with Crippen LogP contribution in [-0.2, 0) is 0 Å². The van der Waals surface area contributed by atoms with Gasteiger partial charge in [-0.1, -0.05) is 35.2 Å². The molecule has 0 radical (unpaired) electrons. The van der Waals surface area contributed by atoms with E-state index in [9.17, 15) is 0 Å². The van der Waals surface area contributed by atoms with E-state index >= 15 is 0 Å². The minimum absolute atomic E-state index is 0.0365. The van der Waals surface area contributed by atoms with Crippen LogP contribution < -0.4 is 5.32 Å². The number of terminal acetylenes is 1. The van der Waals surface area contributed by atoms with Crippen molar-refractivity contribution in [1.82, 2.24) is 5.32 Å². The van der Waals surface area contributed by atoms with Crippen LogP contribution in [0.4, 0.5) is 0 Å². The Bertz CT molecular complexity index is 382. The Morgan fingerprint density at radius 2 is 1.93 bits per heavy atom. The first-order valence-corrected chi connectivity index (χ1v) is 5.47. The van der Waals surface area contributed by atoms with Gasteiger partial charge in [-0.25, -0.2) is 0 Å². The molecular weight excluding hydrogens is 229 g/mol. The zero-order valence-electron chi connectivity index (χ0n) is 8.72. The van der Waals surface area contributed by atoms with Gasteiger partial charge in [-0.15, -0.1) is 6.42 Å². The first-order valence-electron chi connectivity index (χ1n) is 4.71. The van der Waals surface area contributed by atoms with E-state index in [1.165, 1.54) is 0 Å². The summed E-state index contributed by atoms with van der Waals surface area (Å²) in [7, 11) is 0. The fourth-order valence-corrected chi connectivity index (χ4v) is 1.61. The lowest BCUT2D eigenvalue weighted by molar-refractivity contribution is 0.546. The van der Waals surface area contributed by atoms with Crippen molar-refractivity contribution in [1.29, 1.82) is 0 Å². The topological polar surface area (TPSA) is 12.0 Å². The van der Waals surface area contributed by atoms with Gasteiger partial charge in [0.05, 0.1) is 16.1 Å². The molecule has 0 saturated heterocycles. The highest BCUT2D eigenvalue weighted by Crippen LogP contribution is 2.25. The highest BCUT2D eigenvalue weighted by atomic mass is 35.5. The lowest BCUT2D eigenvalue weighted by Gasteiger charge is -2.17. The Morgan fingerprint density at radius 1 is 1.27 bits per heavy atom. The van der Waals surface area contributed by atoms with Crippen LogP contribution in [0, 0.1) is 12.3 Å². The van der Waals surface area contributed by atoms with E-state index in [1.807, 2.05) is 26.0 Å². The standard InChI is InChI=1S/C12H13Cl2N/c1-4-8(2)15-9(3)10-5-6-11(13)12(14)7-10/h1,5-9,15H,2-3H3. The van der Waals surface area contributed by atoms with Crippen LogP contribution in [0.3, 0.4) is 0 Å². The van der Waals surface area contributed by atoms with E-state index in [0.29, 0.717) is 10.0 Å². The summed E-state index contributed by atoms with van der Waals surface area (Å²) in [5, 5.41) is 4.39. The molecule has 1 nitrogen and oxygen atoms in total. The molecule has 80 valence electrons. The van der Waals surface area contributed by atoms with Gasteiger partial charge in [-0.05, 0) is 31.5 Å². The van der Waals surface area contributed by atoms with Crippen molar-refractivity contribution in [3.05, 3.63) is 33.8 Å². The normalized spacial score (nSPS) is 14.3. The molecular formula is C12H13Cl2N. The molecule has 0 bridgehead atoms. The van der Waals surface area contributed by atoms with Crippen LogP contribution in [0.2, 0.25) is 10.0 Å². The maximum atomic E-state index is 5.93. The van der Waals surface area contributed by atoms with Crippen molar-refractivity contribution in [2.24, 2.45) is 0 Å². The molecule has 1 aromatic carbocycles. The van der Waals surface area contributed by atoms with Crippen molar-refractivity contribution in [2.75, 3.05) is 0 Å². The second-order valence-corrected chi connectivity index (χ2v) is 4.26. The Kier molecular flexibility index (Phi) is 4.47. The first kappa shape index (κ1) is 12.4. The number of hydrogen-bond donors (Lipinski definition) is 1. The third-order valence-corrected chi connectivity index (χ3v) is 2.93. The zero-order valence-corrected chi connectivity index (χ0v) is 10.2. The number of rotatable bonds is 3. The third kappa shape index (κ3) is 3.43. The zero-order chi connectivity index (χ0) is 11.4. The van der Waals surface area contributed by atoms with Crippen molar-refractivity contribution < 1.29 is 0 Å². The molecule has 15 heavy (non-hydrogen) atoms. The molecule has 0 aliphatic heterocycles. The van der Waals surface area contributed by atoms with Crippen LogP contribution in [-0.4, -0.2) is 6.04 Å². The van der Waals surface area contributed by atoms with Gasteiger partial charge < -0.3 is 0 Å². The van der Waals surface area contributed by atoms with E-state index in [4.69, 9.17) is 29.6 Å². The summed E-state index contributed by atoms with van der Waals surface area (Å²) in [6.45, 7) is 3.97. The summed E-state index contributed by atoms with van der Waals surface area (Å²) < 4.78 is 0. The van der Waals surface area contributed by atoms with E-state index in [2.05, 4.69) is 11.2 Å². The number of benzene rings is 1. The Balaban J connectivity index is 2.79. The molecule has 2 unspecified atom stereocenters. The molecule has 0 amide bonds. The van der Waals surface area contributed by atoms with Gasteiger partial charge in [0.25, 0.3) is 0 Å². The maximum absolute atomic E-state index is 5.93. The minimum atomic E-state index is 0.0365. The summed E-state index contributed by atoms with van der Waals surface area (Å²) in [5.74, 6) is 2.62. The molecule has 0 heterocycles. The molecule has 1 N–H and O–H groups in total. The third-order valence-electron chi connectivity index (χ3n) is 2.19. The fourth-order valence-electron chi connectivity index (χ4n) is 1.30. The van der Waals surface area contributed by atoms with E-state index in [-0.39, 0.29) is 12.1 Å². The molecule has 1 rings (SSSR count). The fraction of sp³-hybridized carbons (Fsp3) is 0.333. The molecule has 3 heteroatoms. The molecule has 0 fully saturated rings. The largest absolute Gasteiger partial charge is 0.297 e. The van der Waals surface area contributed by atoms with E-state index < -0.39 is 0 Å². The predicted octanol–water partition coefficient (Wildman–Crippen LogP) is 3.67. The summed E-state index contributed by atoms with van der Waals surface area (Å²) >= 11 is 11.8. The van der Waals surface area contributed by atoms with Gasteiger partial charge in [0.15, 0.2) is 0 Å². The number of hydrogen-bond acceptors (Lipinski definition) is 1. The quantitative estimate of drug-likeness (QED) is 0.797. The highest BCUT2D eigenvalue weighted by molar-refractivity contribution is 6.42. The molecule has 0 aliphatic carbocycles. The van der Waals surface area contributed by atoms with Gasteiger partial charge >= 0.3 is 0 Å². The van der Waals surface area contributed by atoms with Crippen LogP contribution in [0.5, 0.6) is 0 Å². The van der Waals surface area contributed by atoms with Gasteiger partial charge in [-0.2, -0.15) is 0 Å². The maximum Gasteiger partial charge on any atom is 0.0662 e. The monoisotopic (exact) mass is 241 g/mol. The van der Waals surface area contributed by atoms with Crippen LogP contribution >= 0.6 is 23.2 Å². The van der Waals surface area contributed by atoms with E-state index in [0.717, 1.165) is 5.56 Å². The lowest BCUT2D eigenvalue weighted by atomic mass is 10.1. The van der Waals surface area contributed by atoms with Crippen molar-refractivity contribution in [3.8, 4) is 12.3 Å². The molecule has 0 aromatic heterocycles. The van der Waals surface area contributed by atoms with Crippen LogP contribution in [0.15, 0.2) is 18.2 Å². The molecule has 1 aromatic rings. The summed E-state index contributed by atoms with van der Waals surface area (Å²) in [5.41, 5.74) is 1.08. The van der Waals surface area contributed by atoms with Crippen molar-refractivity contribution in [2.45, 2.75) is 25.9 Å².